The van der Waals surface area contributed by atoms with E-state index in [1.807, 2.05) is 27.7 Å². The highest BCUT2D eigenvalue weighted by molar-refractivity contribution is 7.12. The Balaban J connectivity index is 1.54. The first kappa shape index (κ1) is 24.1. The van der Waals surface area contributed by atoms with Gasteiger partial charge in [-0.1, -0.05) is 30.3 Å². The van der Waals surface area contributed by atoms with Crippen LogP contribution < -0.4 is 9.64 Å². The summed E-state index contributed by atoms with van der Waals surface area (Å²) in [6, 6.07) is 13.7. The number of carbonyl (C=O) groups is 1. The first-order valence-corrected chi connectivity index (χ1v) is 11.8. The average Bonchev–Trinajstić information content (AvgIpc) is 3.38. The Morgan fingerprint density at radius 3 is 2.44 bits per heavy atom. The van der Waals surface area contributed by atoms with E-state index >= 15 is 0 Å². The number of alkyl halides is 3. The third kappa shape index (κ3) is 5.06. The number of amides is 1. The van der Waals surface area contributed by atoms with Crippen molar-refractivity contribution in [3.05, 3.63) is 69.4 Å². The van der Waals surface area contributed by atoms with Gasteiger partial charge in [0.05, 0.1) is 5.69 Å². The topological polar surface area (TPSA) is 38.8 Å². The third-order valence-electron chi connectivity index (χ3n) is 5.51. The molecule has 4 nitrogen and oxygen atoms in total. The second kappa shape index (κ2) is 8.98. The van der Waals surface area contributed by atoms with Crippen molar-refractivity contribution in [1.82, 2.24) is 0 Å². The van der Waals surface area contributed by atoms with Gasteiger partial charge in [-0.2, -0.15) is 13.2 Å². The maximum absolute atomic E-state index is 13.7. The number of thiophene rings is 1. The molecule has 0 fully saturated rings. The molecule has 180 valence electrons. The molecule has 0 radical (unpaired) electrons. The van der Waals surface area contributed by atoms with Crippen molar-refractivity contribution in [3.63, 3.8) is 0 Å². The number of hydrogen-bond donors (Lipinski definition) is 0. The zero-order chi connectivity index (χ0) is 24.7. The molecule has 0 aliphatic carbocycles. The van der Waals surface area contributed by atoms with Crippen molar-refractivity contribution >= 4 is 23.1 Å². The molecule has 3 aromatic rings. The molecule has 1 aromatic heterocycles. The van der Waals surface area contributed by atoms with Crippen LogP contribution in [0.25, 0.3) is 11.1 Å². The SMILES string of the molecule is Cc1c(OCc2cc(-c3ccccc3)c(C(F)(F)F)s2)ccc2c1CCN2C(=O)OC(C)(C)C. The first-order chi connectivity index (χ1) is 15.9. The largest absolute Gasteiger partial charge is 0.488 e. The van der Waals surface area contributed by atoms with Gasteiger partial charge in [-0.3, -0.25) is 4.90 Å². The van der Waals surface area contributed by atoms with Gasteiger partial charge in [0.1, 0.15) is 22.8 Å². The molecule has 4 rings (SSSR count). The standard InChI is InChI=1S/C26H26F3NO3S/c1-16-19-12-13-30(24(31)33-25(2,3)4)21(19)10-11-22(16)32-15-18-14-20(17-8-6-5-7-9-17)23(34-18)26(27,28)29/h5-11,14H,12-13,15H2,1-4H3. The van der Waals surface area contributed by atoms with Crippen LogP contribution in [-0.2, 0) is 23.9 Å². The highest BCUT2D eigenvalue weighted by atomic mass is 32.1. The molecule has 2 heterocycles. The van der Waals surface area contributed by atoms with Gasteiger partial charge in [-0.15, -0.1) is 11.3 Å². The second-order valence-electron chi connectivity index (χ2n) is 9.18. The molecule has 8 heteroatoms. The Morgan fingerprint density at radius 2 is 1.79 bits per heavy atom. The fourth-order valence-electron chi connectivity index (χ4n) is 4.00. The lowest BCUT2D eigenvalue weighted by Crippen LogP contribution is -2.35. The predicted octanol–water partition coefficient (Wildman–Crippen LogP) is 7.62. The Hall–Kier alpha value is -3.00. The molecule has 1 amide bonds. The van der Waals surface area contributed by atoms with E-state index in [-0.39, 0.29) is 12.2 Å². The van der Waals surface area contributed by atoms with Gasteiger partial charge in [0.15, 0.2) is 0 Å². The Morgan fingerprint density at radius 1 is 1.09 bits per heavy atom. The van der Waals surface area contributed by atoms with E-state index in [0.29, 0.717) is 40.5 Å². The average molecular weight is 490 g/mol. The number of fused-ring (bicyclic) bond motifs is 1. The maximum Gasteiger partial charge on any atom is 0.426 e. The second-order valence-corrected chi connectivity index (χ2v) is 10.3. The summed E-state index contributed by atoms with van der Waals surface area (Å²) in [6.45, 7) is 7.90. The lowest BCUT2D eigenvalue weighted by atomic mass is 10.1. The van der Waals surface area contributed by atoms with Gasteiger partial charge >= 0.3 is 12.3 Å². The number of halogens is 3. The molecule has 0 atom stereocenters. The van der Waals surface area contributed by atoms with Crippen LogP contribution in [0.2, 0.25) is 0 Å². The Kier molecular flexibility index (Phi) is 6.38. The molecule has 0 unspecified atom stereocenters. The highest BCUT2D eigenvalue weighted by Gasteiger charge is 2.36. The normalized spacial score (nSPS) is 13.7. The monoisotopic (exact) mass is 489 g/mol. The van der Waals surface area contributed by atoms with Crippen molar-refractivity contribution in [1.29, 1.82) is 0 Å². The van der Waals surface area contributed by atoms with Crippen molar-refractivity contribution < 1.29 is 27.4 Å². The van der Waals surface area contributed by atoms with Crippen molar-refractivity contribution in [2.75, 3.05) is 11.4 Å². The lowest BCUT2D eigenvalue weighted by Gasteiger charge is -2.25. The number of ether oxygens (including phenoxy) is 2. The van der Waals surface area contributed by atoms with Crippen LogP contribution in [-0.4, -0.2) is 18.2 Å². The van der Waals surface area contributed by atoms with E-state index in [9.17, 15) is 18.0 Å². The minimum Gasteiger partial charge on any atom is -0.488 e. The van der Waals surface area contributed by atoms with Crippen LogP contribution in [0.5, 0.6) is 5.75 Å². The fraction of sp³-hybridized carbons (Fsp3) is 0.346. The molecule has 1 aliphatic rings. The minimum absolute atomic E-state index is 0.0238. The van der Waals surface area contributed by atoms with Gasteiger partial charge in [0.2, 0.25) is 0 Å². The number of benzene rings is 2. The summed E-state index contributed by atoms with van der Waals surface area (Å²) in [5.41, 5.74) is 2.73. The first-order valence-electron chi connectivity index (χ1n) is 10.9. The van der Waals surface area contributed by atoms with E-state index in [1.54, 1.807) is 53.4 Å². The van der Waals surface area contributed by atoms with Crippen molar-refractivity contribution in [2.24, 2.45) is 0 Å². The summed E-state index contributed by atoms with van der Waals surface area (Å²) >= 11 is 0.702. The van der Waals surface area contributed by atoms with Gasteiger partial charge < -0.3 is 9.47 Å². The molecular weight excluding hydrogens is 463 g/mol. The van der Waals surface area contributed by atoms with E-state index in [0.717, 1.165) is 16.8 Å². The van der Waals surface area contributed by atoms with Crippen LogP contribution in [0.15, 0.2) is 48.5 Å². The summed E-state index contributed by atoms with van der Waals surface area (Å²) in [5, 5.41) is 0. The summed E-state index contributed by atoms with van der Waals surface area (Å²) < 4.78 is 52.4. The van der Waals surface area contributed by atoms with Gasteiger partial charge in [-0.05, 0) is 69.0 Å². The number of hydrogen-bond acceptors (Lipinski definition) is 4. The van der Waals surface area contributed by atoms with Gasteiger partial charge in [-0.25, -0.2) is 4.79 Å². The van der Waals surface area contributed by atoms with E-state index in [4.69, 9.17) is 9.47 Å². The number of anilines is 1. The Labute approximate surface area is 200 Å². The number of rotatable bonds is 4. The molecular formula is C26H26F3NO3S. The van der Waals surface area contributed by atoms with Crippen LogP contribution in [0.4, 0.5) is 23.7 Å². The van der Waals surface area contributed by atoms with Crippen LogP contribution >= 0.6 is 11.3 Å². The van der Waals surface area contributed by atoms with E-state index in [1.165, 1.54) is 0 Å². The number of nitrogens with zero attached hydrogens (tertiary/aromatic N) is 1. The van der Waals surface area contributed by atoms with Crippen molar-refractivity contribution in [3.8, 4) is 16.9 Å². The minimum atomic E-state index is -4.44. The van der Waals surface area contributed by atoms with Crippen molar-refractivity contribution in [2.45, 2.75) is 52.5 Å². The zero-order valence-electron chi connectivity index (χ0n) is 19.5. The summed E-state index contributed by atoms with van der Waals surface area (Å²) in [6.07, 6.45) is -4.18. The van der Waals surface area contributed by atoms with Crippen LogP contribution in [0.1, 0.15) is 41.7 Å². The van der Waals surface area contributed by atoms with Gasteiger partial charge in [0, 0.05) is 17.0 Å². The quantitative estimate of drug-likeness (QED) is 0.378. The maximum atomic E-state index is 13.7. The molecule has 34 heavy (non-hydrogen) atoms. The molecule has 0 bridgehead atoms. The molecule has 1 aliphatic heterocycles. The van der Waals surface area contributed by atoms with E-state index in [2.05, 4.69) is 0 Å². The molecule has 0 N–H and O–H groups in total. The smallest absolute Gasteiger partial charge is 0.426 e. The third-order valence-corrected chi connectivity index (χ3v) is 6.66. The lowest BCUT2D eigenvalue weighted by molar-refractivity contribution is -0.133. The van der Waals surface area contributed by atoms with E-state index < -0.39 is 22.7 Å². The number of carbonyl (C=O) groups excluding carboxylic acids is 1. The zero-order valence-corrected chi connectivity index (χ0v) is 20.3. The molecule has 0 saturated carbocycles. The van der Waals surface area contributed by atoms with Crippen LogP contribution in [0, 0.1) is 6.92 Å². The Bertz CT molecular complexity index is 1200. The molecule has 2 aromatic carbocycles. The molecule has 0 spiro atoms. The van der Waals surface area contributed by atoms with Gasteiger partial charge in [0.25, 0.3) is 0 Å². The summed E-state index contributed by atoms with van der Waals surface area (Å²) in [5.74, 6) is 0.591. The fourth-order valence-corrected chi connectivity index (χ4v) is 4.96. The summed E-state index contributed by atoms with van der Waals surface area (Å²) in [4.78, 5) is 14.0. The summed E-state index contributed by atoms with van der Waals surface area (Å²) in [7, 11) is 0. The highest BCUT2D eigenvalue weighted by Crippen LogP contribution is 2.43. The predicted molar refractivity (Wildman–Crippen MR) is 128 cm³/mol. The molecule has 0 saturated heterocycles. The van der Waals surface area contributed by atoms with Crippen LogP contribution in [0.3, 0.4) is 0 Å².